The molecule has 6 fully saturated rings. The Balaban J connectivity index is 0.000000273. The first-order valence-electron chi connectivity index (χ1n) is 48.9. The number of carbonyl (C=O) groups is 11. The number of carbonyl (C=O) groups excluding carboxylic acids is 11. The monoisotopic (exact) mass is 2080 g/mol. The zero-order chi connectivity index (χ0) is 106. The smallest absolute Gasteiger partial charge is 0.756 e. The molecule has 4 aliphatic carbocycles. The van der Waals surface area contributed by atoms with E-state index in [0.717, 1.165) is 11.1 Å². The standard InChI is InChI=1S/C62H90N13O14P.C28H37FO7.C10H12N5O3.Co/c1-29-20-39-40(21-30(29)2)75(28-70-39)57-52(84)53(41(27-76)87-57)89-90(85,86)88-31(3)26-69-49(83)18-19-59(8)37(22-46(66)80)56-62(11)61(10,25-48(68)82)36(14-17-45(65)79)51(74-62)33(5)55-60(9,24-47(67)81)34(12-15-43(63)77)38(71-55)23-42-58(6,7)35(13-16-44(64)78)50(72-42)32(4)54(59)73-56;1-6-23(33)35-15-22(32)28(36-24(34)7-2)16(3)12-20-19-9-8-17-13-18(30)10-11-25(17,4)27(19,29)21(31)14-26(20,28)5;1-4-6(16)7(17)10(18-4)15-3-14-5-8(11)12-2-13-9(5)15;/h20-21,23,28,31,34-37,41,52-53,56-57,76,84H,12-19,22,24-27H2,1-11H3,(H15,63,64,65,66,67,68,69,71,72,73,74,77,78,79,80,81,82,83,85,86);10-11,13,16,19-21,31H,6-9,12,14-15H2,1-5H3;2-4,6-7,10,16-17H,1H2,(H2,11,12,13);/q;;-1;+3/p-2/t31-,34-,35-,36-,37+,41-,52-,53-,56-,57+,59-,60+,61+,62+;16-,19+,20+,21+,25+,26+,27+,28+;4-,6-,7-,10-;/m111./s1. The Kier molecular flexibility index (Phi) is 33.2. The number of nitrogens with zero attached hydrogens (tertiary/aromatic N) is 10. The Morgan fingerprint density at radius 3 is 1.97 bits per heavy atom. The summed E-state index contributed by atoms with van der Waals surface area (Å²) < 4.78 is 67.3. The van der Waals surface area contributed by atoms with Crippen molar-refractivity contribution >= 4 is 118 Å². The number of Topliss-reactive ketones (excluding diaryl/α,β-unsaturated/α-hetero) is 1. The van der Waals surface area contributed by atoms with E-state index in [4.69, 9.17) is 88.4 Å². The number of aryl methyl sites for hydroxylation is 2. The molecule has 42 nitrogen and oxygen atoms in total. The van der Waals surface area contributed by atoms with Gasteiger partial charge >= 0.3 is 28.7 Å². The maximum Gasteiger partial charge on any atom is 3.00 e. The number of alkyl halides is 1. The van der Waals surface area contributed by atoms with Crippen molar-refractivity contribution in [2.24, 2.45) is 123 Å². The van der Waals surface area contributed by atoms with Gasteiger partial charge in [-0.25, -0.2) is 24.3 Å². The number of phosphoric ester groups is 1. The maximum absolute atomic E-state index is 17.4. The number of aliphatic hydroxyl groups excluding tert-OH is 5. The summed E-state index contributed by atoms with van der Waals surface area (Å²) >= 11 is 0. The number of esters is 2. The largest absolute Gasteiger partial charge is 3.00 e. The molecule has 145 heavy (non-hydrogen) atoms. The summed E-state index contributed by atoms with van der Waals surface area (Å²) in [5.41, 5.74) is 37.9. The molecule has 20 N–H and O–H groups in total. The molecule has 4 aromatic rings. The first-order valence-corrected chi connectivity index (χ1v) is 50.4. The molecule has 11 aliphatic rings. The average molecular weight is 2080 g/mol. The van der Waals surface area contributed by atoms with Crippen molar-refractivity contribution < 1.29 is 137 Å². The zero-order valence-electron chi connectivity index (χ0n) is 84.6. The SMILES string of the molecule is C/C1=C2/[N-][C@H]([C@H](CC(N)=O)[C@@]2(C)CCC(=O)NC[C@@H](C)OP(=O)([O-])O[C@H]2[C@@H](O)[C@@H](n3cnc4cc(C)c(C)cc43)O[C@@H]2CO)[C@]2(C)N=C(/C(C)=C3N=C(/C=C4N=C1[C@@H](CCC(N)=O)C\4(C)C)[C@@H](CCC(N)=O)[C@]\3(C)CC(N)=O)[C@@H](CCC(N)=O)[C@]2(C)CC(N)=O.CCC(=O)OCC(=O)[C@@]1(OC(=O)CC)[C@H](C)C[C@H]2[C@@H]3CCC4=CC(=O)C=C[C@]4(C)[C@@]3(F)[C@@H](O)C[C@@]21C.[CH2-][C@H]1O[C@@H](n2cnc3c(N)ncnc32)[C@H](O)[C@@H]1O.[Co+3]. The molecule has 3 saturated carbocycles. The Morgan fingerprint density at radius 2 is 1.36 bits per heavy atom. The van der Waals surface area contributed by atoms with E-state index in [-0.39, 0.29) is 131 Å². The van der Waals surface area contributed by atoms with E-state index >= 15 is 4.39 Å². The van der Waals surface area contributed by atoms with E-state index in [1.807, 2.05) is 87.4 Å². The van der Waals surface area contributed by atoms with Crippen LogP contribution in [0.2, 0.25) is 0 Å². The molecule has 7 aliphatic heterocycles. The quantitative estimate of drug-likeness (QED) is 0.0148. The number of aliphatic hydroxyl groups is 5. The third kappa shape index (κ3) is 20.5. The number of phosphoric acid groups is 1. The Morgan fingerprint density at radius 1 is 0.738 bits per heavy atom. The number of nitrogens with two attached hydrogens (primary N) is 7. The number of halogens is 1. The van der Waals surface area contributed by atoms with Gasteiger partial charge in [0.25, 0.3) is 7.82 Å². The van der Waals surface area contributed by atoms with Crippen molar-refractivity contribution in [2.45, 2.75) is 304 Å². The van der Waals surface area contributed by atoms with Crippen LogP contribution < -0.4 is 50.3 Å². The molecule has 45 heteroatoms. The fourth-order valence-electron chi connectivity index (χ4n) is 25.3. The van der Waals surface area contributed by atoms with Crippen LogP contribution in [0.5, 0.6) is 0 Å². The van der Waals surface area contributed by atoms with Crippen molar-refractivity contribution in [3.8, 4) is 0 Å². The molecule has 1 aromatic carbocycles. The number of hydrogen-bond acceptors (Lipinski definition) is 32. The average Bonchev–Trinajstić information content (AvgIpc) is 1.60. The van der Waals surface area contributed by atoms with Gasteiger partial charge in [0.1, 0.15) is 36.3 Å². The summed E-state index contributed by atoms with van der Waals surface area (Å²) in [7, 11) is -5.32. The number of anilines is 1. The number of aromatic nitrogens is 6. The number of nitrogens with one attached hydrogen (secondary N) is 1. The van der Waals surface area contributed by atoms with E-state index in [9.17, 15) is 87.7 Å². The van der Waals surface area contributed by atoms with Crippen molar-refractivity contribution in [2.75, 3.05) is 25.5 Å². The van der Waals surface area contributed by atoms with Crippen LogP contribution in [0.3, 0.4) is 0 Å². The van der Waals surface area contributed by atoms with Gasteiger partial charge in [-0.15, -0.1) is 0 Å². The van der Waals surface area contributed by atoms with Crippen LogP contribution >= 0.6 is 7.82 Å². The van der Waals surface area contributed by atoms with Gasteiger partial charge in [0.2, 0.25) is 47.1 Å². The molecular formula is C100H137CoFN18O24P. The third-order valence-electron chi connectivity index (χ3n) is 33.3. The van der Waals surface area contributed by atoms with E-state index in [1.165, 1.54) is 47.2 Å². The van der Waals surface area contributed by atoms with Crippen LogP contribution in [0.15, 0.2) is 104 Å². The molecule has 27 atom stereocenters. The Bertz CT molecular complexity index is 6140. The first-order chi connectivity index (χ1) is 67.2. The number of amides is 7. The van der Waals surface area contributed by atoms with Gasteiger partial charge in [-0.05, 0) is 176 Å². The van der Waals surface area contributed by atoms with E-state index in [1.54, 1.807) is 40.7 Å². The number of hydrogen-bond donors (Lipinski definition) is 13. The number of fused-ring (bicyclic) bond motifs is 13. The number of ether oxygens (including phenoxy) is 4. The van der Waals surface area contributed by atoms with Gasteiger partial charge in [-0.3, -0.25) is 76.8 Å². The van der Waals surface area contributed by atoms with Crippen molar-refractivity contribution in [3.05, 3.63) is 113 Å². The number of benzene rings is 1. The van der Waals surface area contributed by atoms with Gasteiger partial charge in [-0.2, -0.15) is 5.70 Å². The fourth-order valence-corrected chi connectivity index (χ4v) is 26.5. The van der Waals surface area contributed by atoms with Crippen LogP contribution in [-0.2, 0) is 102 Å². The topological polar surface area (TPSA) is 691 Å². The molecule has 1 unspecified atom stereocenters. The summed E-state index contributed by atoms with van der Waals surface area (Å²) in [5.74, 6) is -10.5. The fraction of sp³-hybridized carbons (Fsp3) is 0.630. The molecule has 3 aromatic heterocycles. The predicted molar refractivity (Wildman–Crippen MR) is 521 cm³/mol. The molecular weight excluding hydrogens is 1950 g/mol. The molecule has 15 rings (SSSR count). The minimum Gasteiger partial charge on any atom is -0.756 e. The second-order valence-electron chi connectivity index (χ2n) is 42.5. The van der Waals surface area contributed by atoms with Gasteiger partial charge < -0.3 is 121 Å². The summed E-state index contributed by atoms with van der Waals surface area (Å²) in [5, 5.41) is 61.2. The number of nitrogen functional groups attached to an aromatic ring is 1. The predicted octanol–water partition coefficient (Wildman–Crippen LogP) is 5.99. The van der Waals surface area contributed by atoms with Crippen molar-refractivity contribution in [1.82, 2.24) is 34.4 Å². The minimum atomic E-state index is -5.32. The van der Waals surface area contributed by atoms with Crippen LogP contribution in [0.4, 0.5) is 10.2 Å². The number of ketones is 2. The van der Waals surface area contributed by atoms with E-state index in [0.29, 0.717) is 92.4 Å². The second-order valence-corrected chi connectivity index (χ2v) is 43.8. The molecule has 8 bridgehead atoms. The van der Waals surface area contributed by atoms with Gasteiger partial charge in [0, 0.05) is 144 Å². The van der Waals surface area contributed by atoms with Gasteiger partial charge in [0.15, 0.2) is 47.6 Å². The number of imidazole rings is 2. The number of rotatable bonds is 33. The number of aliphatic imine (C=N–C) groups is 3. The van der Waals surface area contributed by atoms with Crippen LogP contribution in [0, 0.1) is 94.7 Å². The number of allylic oxidation sites excluding steroid dienone is 10. The first kappa shape index (κ1) is 113. The molecule has 0 spiro atoms. The van der Waals surface area contributed by atoms with Crippen LogP contribution in [0.25, 0.3) is 27.5 Å². The summed E-state index contributed by atoms with van der Waals surface area (Å²) in [6.07, 6.45) is -1.37. The van der Waals surface area contributed by atoms with Crippen molar-refractivity contribution in [3.63, 3.8) is 0 Å². The minimum absolute atomic E-state index is 0. The van der Waals surface area contributed by atoms with Gasteiger partial charge in [0.05, 0.1) is 59.8 Å². The maximum atomic E-state index is 17.4. The van der Waals surface area contributed by atoms with Crippen LogP contribution in [0.1, 0.15) is 230 Å². The Hall–Kier alpha value is -10.6. The molecule has 3 saturated heterocycles. The van der Waals surface area contributed by atoms with Crippen LogP contribution in [-0.4, -0.2) is 228 Å². The third-order valence-corrected chi connectivity index (χ3v) is 34.4. The summed E-state index contributed by atoms with van der Waals surface area (Å²) in [4.78, 5) is 190. The number of primary amides is 6. The van der Waals surface area contributed by atoms with E-state index < -0.39 is 232 Å². The molecule has 0 radical (unpaired) electrons. The molecule has 7 amide bonds. The van der Waals surface area contributed by atoms with Crippen molar-refractivity contribution in [1.29, 1.82) is 0 Å². The van der Waals surface area contributed by atoms with E-state index in [2.05, 4.69) is 32.2 Å². The second kappa shape index (κ2) is 42.6. The summed E-state index contributed by atoms with van der Waals surface area (Å²) in [6, 6.07) is 2.65. The molecule has 10 heterocycles. The normalized spacial score (nSPS) is 35.9. The van der Waals surface area contributed by atoms with Gasteiger partial charge in [-0.1, -0.05) is 80.0 Å². The zero-order valence-corrected chi connectivity index (χ0v) is 86.5. The Labute approximate surface area is 850 Å². The summed E-state index contributed by atoms with van der Waals surface area (Å²) in [6.45, 7) is 30.6. The molecule has 792 valence electrons.